The average molecular weight is 311 g/mol. The van der Waals surface area contributed by atoms with Crippen LogP contribution < -0.4 is 10.1 Å². The molecule has 1 N–H and O–H groups in total. The Kier molecular flexibility index (Phi) is 3.41. The van der Waals surface area contributed by atoms with Crippen LogP contribution in [0, 0.1) is 6.92 Å². The lowest BCUT2D eigenvalue weighted by atomic mass is 9.92. The van der Waals surface area contributed by atoms with Crippen LogP contribution in [-0.4, -0.2) is 33.3 Å². The van der Waals surface area contributed by atoms with Crippen molar-refractivity contribution >= 4 is 21.7 Å². The Bertz CT molecular complexity index is 711. The van der Waals surface area contributed by atoms with Gasteiger partial charge in [0.1, 0.15) is 18.5 Å². The Hall–Kier alpha value is -1.60. The fourth-order valence-electron chi connectivity index (χ4n) is 2.92. The van der Waals surface area contributed by atoms with Gasteiger partial charge < -0.3 is 10.1 Å². The van der Waals surface area contributed by atoms with E-state index >= 15 is 0 Å². The van der Waals surface area contributed by atoms with E-state index in [1.807, 2.05) is 13.0 Å². The number of fused-ring (bicyclic) bond motifs is 3. The summed E-state index contributed by atoms with van der Waals surface area (Å²) in [7, 11) is -3.50. The van der Waals surface area contributed by atoms with Crippen molar-refractivity contribution in [2.75, 3.05) is 18.2 Å². The molecule has 0 spiro atoms. The number of rotatable bonds is 2. The van der Waals surface area contributed by atoms with Crippen LogP contribution in [0.3, 0.4) is 0 Å². The van der Waals surface area contributed by atoms with Crippen molar-refractivity contribution in [2.24, 2.45) is 0 Å². The van der Waals surface area contributed by atoms with Gasteiger partial charge in [-0.25, -0.2) is 0 Å². The van der Waals surface area contributed by atoms with Crippen molar-refractivity contribution in [1.29, 1.82) is 0 Å². The molecule has 2 heterocycles. The second-order valence-electron chi connectivity index (χ2n) is 5.52. The van der Waals surface area contributed by atoms with Gasteiger partial charge in [0, 0.05) is 18.4 Å². The van der Waals surface area contributed by atoms with Gasteiger partial charge in [0.15, 0.2) is 0 Å². The number of anilines is 1. The van der Waals surface area contributed by atoms with Crippen molar-refractivity contribution in [3.63, 3.8) is 0 Å². The molecule has 6 nitrogen and oxygen atoms in total. The fourth-order valence-corrected chi connectivity index (χ4v) is 3.54. The third-order valence-electron chi connectivity index (χ3n) is 3.69. The molecule has 0 aromatic heterocycles. The third-order valence-corrected chi connectivity index (χ3v) is 4.31. The summed E-state index contributed by atoms with van der Waals surface area (Å²) in [6.45, 7) is 2.12. The Morgan fingerprint density at radius 1 is 1.38 bits per heavy atom. The van der Waals surface area contributed by atoms with Gasteiger partial charge in [0.05, 0.1) is 11.9 Å². The number of aryl methyl sites for hydroxylation is 1. The predicted octanol–water partition coefficient (Wildman–Crippen LogP) is 1.16. The van der Waals surface area contributed by atoms with Gasteiger partial charge in [-0.05, 0) is 24.5 Å². The lowest BCUT2D eigenvalue weighted by molar-refractivity contribution is -0.116. The zero-order chi connectivity index (χ0) is 15.2. The van der Waals surface area contributed by atoms with E-state index in [1.165, 1.54) is 0 Å². The zero-order valence-electron chi connectivity index (χ0n) is 11.9. The molecule has 1 atom stereocenters. The molecule has 0 aliphatic carbocycles. The van der Waals surface area contributed by atoms with Gasteiger partial charge in [-0.2, -0.15) is 8.42 Å². The number of benzene rings is 1. The highest BCUT2D eigenvalue weighted by Gasteiger charge is 2.29. The minimum absolute atomic E-state index is 0.0136. The number of carbonyl (C=O) groups is 1. The Balaban J connectivity index is 1.94. The molecule has 2 aliphatic heterocycles. The lowest BCUT2D eigenvalue weighted by Crippen LogP contribution is -2.32. The topological polar surface area (TPSA) is 81.7 Å². The third kappa shape index (κ3) is 2.89. The second-order valence-corrected chi connectivity index (χ2v) is 7.12. The van der Waals surface area contributed by atoms with Gasteiger partial charge in [-0.3, -0.25) is 8.98 Å². The van der Waals surface area contributed by atoms with E-state index in [0.29, 0.717) is 19.3 Å². The number of ether oxygens (including phenoxy) is 1. The maximum absolute atomic E-state index is 11.5. The highest BCUT2D eigenvalue weighted by molar-refractivity contribution is 7.86. The Morgan fingerprint density at radius 2 is 2.14 bits per heavy atom. The summed E-state index contributed by atoms with van der Waals surface area (Å²) in [5.74, 6) is 0.781. The highest BCUT2D eigenvalue weighted by Crippen LogP contribution is 2.39. The quantitative estimate of drug-likeness (QED) is 0.829. The smallest absolute Gasteiger partial charge is 0.264 e. The molecule has 0 bridgehead atoms. The van der Waals surface area contributed by atoms with E-state index in [0.717, 1.165) is 34.4 Å². The normalized spacial score (nSPS) is 21.0. The summed E-state index contributed by atoms with van der Waals surface area (Å²) >= 11 is 0. The molecule has 1 aromatic rings. The molecule has 3 rings (SSSR count). The van der Waals surface area contributed by atoms with Crippen LogP contribution in [0.1, 0.15) is 23.1 Å². The van der Waals surface area contributed by atoms with Crippen molar-refractivity contribution in [3.8, 4) is 5.75 Å². The van der Waals surface area contributed by atoms with E-state index in [2.05, 4.69) is 5.32 Å². The van der Waals surface area contributed by atoms with Gasteiger partial charge in [-0.1, -0.05) is 6.07 Å². The summed E-state index contributed by atoms with van der Waals surface area (Å²) in [5.41, 5.74) is 3.72. The first-order chi connectivity index (χ1) is 9.83. The Morgan fingerprint density at radius 3 is 2.86 bits per heavy atom. The molecular weight excluding hydrogens is 294 g/mol. The average Bonchev–Trinajstić information content (AvgIpc) is 2.37. The number of nitrogens with one attached hydrogen (secondary N) is 1. The summed E-state index contributed by atoms with van der Waals surface area (Å²) in [6.07, 6.45) is 2.11. The molecule has 0 radical (unpaired) electrons. The fraction of sp³-hybridized carbons (Fsp3) is 0.500. The zero-order valence-corrected chi connectivity index (χ0v) is 12.7. The van der Waals surface area contributed by atoms with Crippen molar-refractivity contribution < 1.29 is 22.1 Å². The van der Waals surface area contributed by atoms with Crippen molar-refractivity contribution in [1.82, 2.24) is 0 Å². The molecule has 2 aliphatic rings. The van der Waals surface area contributed by atoms with E-state index in [4.69, 9.17) is 8.92 Å². The summed E-state index contributed by atoms with van der Waals surface area (Å²) in [4.78, 5) is 11.5. The standard InChI is InChI=1S/C14H17NO5S/c1-8-5-9-6-10(20-21(2,17)18)7-19-14(9)11-3-4-12(16)15-13(8)11/h5,10H,3-4,6-7H2,1-2H3,(H,15,16). The molecule has 1 amide bonds. The minimum atomic E-state index is -3.50. The molecule has 114 valence electrons. The molecule has 1 unspecified atom stereocenters. The first-order valence-corrected chi connectivity index (χ1v) is 8.61. The van der Waals surface area contributed by atoms with Crippen LogP contribution >= 0.6 is 0 Å². The maximum Gasteiger partial charge on any atom is 0.264 e. The van der Waals surface area contributed by atoms with Crippen LogP contribution in [0.2, 0.25) is 0 Å². The molecular formula is C14H17NO5S. The molecule has 7 heteroatoms. The monoisotopic (exact) mass is 311 g/mol. The van der Waals surface area contributed by atoms with E-state index in [9.17, 15) is 13.2 Å². The van der Waals surface area contributed by atoms with Crippen LogP contribution in [-0.2, 0) is 31.9 Å². The van der Waals surface area contributed by atoms with Gasteiger partial charge in [-0.15, -0.1) is 0 Å². The van der Waals surface area contributed by atoms with Crippen molar-refractivity contribution in [3.05, 3.63) is 22.8 Å². The summed E-state index contributed by atoms with van der Waals surface area (Å²) < 4.78 is 33.2. The van der Waals surface area contributed by atoms with Crippen molar-refractivity contribution in [2.45, 2.75) is 32.3 Å². The van der Waals surface area contributed by atoms with Crippen LogP contribution in [0.15, 0.2) is 6.07 Å². The highest BCUT2D eigenvalue weighted by atomic mass is 32.2. The maximum atomic E-state index is 11.5. The largest absolute Gasteiger partial charge is 0.490 e. The second kappa shape index (κ2) is 4.99. The molecule has 0 saturated carbocycles. The summed E-state index contributed by atoms with van der Waals surface area (Å²) in [6, 6.07) is 1.93. The number of carbonyl (C=O) groups excluding carboxylic acids is 1. The predicted molar refractivity (Wildman–Crippen MR) is 77.0 cm³/mol. The van der Waals surface area contributed by atoms with Gasteiger partial charge in [0.25, 0.3) is 10.1 Å². The first-order valence-electron chi connectivity index (χ1n) is 6.80. The molecule has 0 saturated heterocycles. The number of hydrogen-bond acceptors (Lipinski definition) is 5. The Labute approximate surface area is 123 Å². The molecule has 0 fully saturated rings. The van der Waals surface area contributed by atoms with Gasteiger partial charge >= 0.3 is 0 Å². The van der Waals surface area contributed by atoms with E-state index in [-0.39, 0.29) is 12.5 Å². The van der Waals surface area contributed by atoms with Crippen LogP contribution in [0.4, 0.5) is 5.69 Å². The SMILES string of the molecule is Cc1cc2c(c3c1NC(=O)CC3)OCC(OS(C)(=O)=O)C2. The van der Waals surface area contributed by atoms with E-state index in [1.54, 1.807) is 0 Å². The van der Waals surface area contributed by atoms with E-state index < -0.39 is 16.2 Å². The molecule has 21 heavy (non-hydrogen) atoms. The molecule has 1 aromatic carbocycles. The van der Waals surface area contributed by atoms with Crippen LogP contribution in [0.25, 0.3) is 0 Å². The van der Waals surface area contributed by atoms with Crippen LogP contribution in [0.5, 0.6) is 5.75 Å². The lowest BCUT2D eigenvalue weighted by Gasteiger charge is -2.30. The van der Waals surface area contributed by atoms with Gasteiger partial charge in [0.2, 0.25) is 5.91 Å². The number of amides is 1. The summed E-state index contributed by atoms with van der Waals surface area (Å²) in [5, 5.41) is 2.88. The first kappa shape index (κ1) is 14.3. The minimum Gasteiger partial charge on any atom is -0.490 e. The number of hydrogen-bond donors (Lipinski definition) is 1.